The van der Waals surface area contributed by atoms with Crippen molar-refractivity contribution in [2.24, 2.45) is 0 Å². The van der Waals surface area contributed by atoms with E-state index in [4.69, 9.17) is 14.5 Å². The Hall–Kier alpha value is -3.80. The Bertz CT molecular complexity index is 1330. The molecule has 180 valence electrons. The molecule has 0 bridgehead atoms. The van der Waals surface area contributed by atoms with Gasteiger partial charge in [-0.05, 0) is 55.7 Å². The second-order valence-corrected chi connectivity index (χ2v) is 9.04. The summed E-state index contributed by atoms with van der Waals surface area (Å²) in [5.74, 6) is 2.85. The molecule has 1 unspecified atom stereocenters. The Morgan fingerprint density at radius 3 is 2.69 bits per heavy atom. The maximum absolute atomic E-state index is 13.0. The fraction of sp³-hybridized carbons (Fsp3) is 0.310. The molecule has 1 aliphatic heterocycles. The summed E-state index contributed by atoms with van der Waals surface area (Å²) in [7, 11) is 1.64. The second-order valence-electron chi connectivity index (χ2n) is 9.04. The number of carbonyl (C=O) groups is 1. The average Bonchev–Trinajstić information content (AvgIpc) is 3.45. The van der Waals surface area contributed by atoms with Crippen LogP contribution >= 0.6 is 0 Å². The Morgan fingerprint density at radius 1 is 1.00 bits per heavy atom. The van der Waals surface area contributed by atoms with Crippen LogP contribution in [0.25, 0.3) is 11.0 Å². The zero-order valence-electron chi connectivity index (χ0n) is 20.3. The number of methoxy groups -OCH3 is 1. The largest absolute Gasteiger partial charge is 0.497 e. The van der Waals surface area contributed by atoms with Gasteiger partial charge in [-0.1, -0.05) is 36.4 Å². The van der Waals surface area contributed by atoms with Crippen LogP contribution < -0.4 is 14.4 Å². The molecule has 0 saturated carbocycles. The number of anilines is 1. The molecular formula is C29H31N3O3. The number of imidazole rings is 1. The summed E-state index contributed by atoms with van der Waals surface area (Å²) in [6, 6.07) is 24.0. The number of benzene rings is 3. The highest BCUT2D eigenvalue weighted by molar-refractivity contribution is 5.96. The molecule has 1 saturated heterocycles. The number of hydrogen-bond donors (Lipinski definition) is 0. The Labute approximate surface area is 206 Å². The summed E-state index contributed by atoms with van der Waals surface area (Å²) in [5.41, 5.74) is 4.12. The molecule has 1 atom stereocenters. The number of hydrogen-bond acceptors (Lipinski definition) is 4. The van der Waals surface area contributed by atoms with Crippen molar-refractivity contribution >= 4 is 22.6 Å². The van der Waals surface area contributed by atoms with Crippen molar-refractivity contribution in [2.45, 2.75) is 38.6 Å². The Kier molecular flexibility index (Phi) is 6.70. The molecule has 0 spiro atoms. The van der Waals surface area contributed by atoms with E-state index >= 15 is 0 Å². The smallest absolute Gasteiger partial charge is 0.227 e. The first-order chi connectivity index (χ1) is 17.1. The highest BCUT2D eigenvalue weighted by Crippen LogP contribution is 2.34. The summed E-state index contributed by atoms with van der Waals surface area (Å²) < 4.78 is 13.6. The Morgan fingerprint density at radius 2 is 1.83 bits per heavy atom. The van der Waals surface area contributed by atoms with E-state index in [0.717, 1.165) is 59.0 Å². The molecule has 1 fully saturated rings. The topological polar surface area (TPSA) is 56.6 Å². The number of aromatic nitrogens is 2. The lowest BCUT2D eigenvalue weighted by Gasteiger charge is -2.18. The van der Waals surface area contributed by atoms with E-state index < -0.39 is 0 Å². The minimum absolute atomic E-state index is 0.0457. The minimum atomic E-state index is 0.0457. The molecule has 6 nitrogen and oxygen atoms in total. The van der Waals surface area contributed by atoms with Crippen LogP contribution in [0.3, 0.4) is 0 Å². The van der Waals surface area contributed by atoms with Crippen LogP contribution in [0.2, 0.25) is 0 Å². The highest BCUT2D eigenvalue weighted by atomic mass is 16.5. The number of amides is 1. The third-order valence-electron chi connectivity index (χ3n) is 6.67. The van der Waals surface area contributed by atoms with Gasteiger partial charge in [0.15, 0.2) is 0 Å². The third kappa shape index (κ3) is 4.87. The number of carbonyl (C=O) groups excluding carboxylic acids is 1. The van der Waals surface area contributed by atoms with Crippen LogP contribution in [0.5, 0.6) is 11.5 Å². The molecule has 0 N–H and O–H groups in total. The number of nitrogens with zero attached hydrogens (tertiary/aromatic N) is 3. The van der Waals surface area contributed by atoms with Crippen molar-refractivity contribution in [3.63, 3.8) is 0 Å². The van der Waals surface area contributed by atoms with Gasteiger partial charge in [0, 0.05) is 37.2 Å². The maximum atomic E-state index is 13.0. The van der Waals surface area contributed by atoms with Gasteiger partial charge in [-0.25, -0.2) is 4.98 Å². The van der Waals surface area contributed by atoms with E-state index in [1.807, 2.05) is 65.6 Å². The van der Waals surface area contributed by atoms with Crippen LogP contribution in [-0.2, 0) is 11.3 Å². The molecule has 0 radical (unpaired) electrons. The molecule has 2 heterocycles. The lowest BCUT2D eigenvalue weighted by atomic mass is 10.1. The number of fused-ring (bicyclic) bond motifs is 1. The van der Waals surface area contributed by atoms with Gasteiger partial charge in [-0.15, -0.1) is 0 Å². The van der Waals surface area contributed by atoms with Gasteiger partial charge in [0.25, 0.3) is 0 Å². The molecule has 6 heteroatoms. The van der Waals surface area contributed by atoms with E-state index in [-0.39, 0.29) is 11.8 Å². The van der Waals surface area contributed by atoms with Gasteiger partial charge in [-0.3, -0.25) is 4.79 Å². The van der Waals surface area contributed by atoms with E-state index in [1.165, 1.54) is 0 Å². The number of aryl methyl sites for hydroxylation is 2. The van der Waals surface area contributed by atoms with Gasteiger partial charge >= 0.3 is 0 Å². The lowest BCUT2D eigenvalue weighted by Crippen LogP contribution is -2.24. The number of unbranched alkanes of at least 4 members (excludes halogenated alkanes) is 1. The molecular weight excluding hydrogens is 438 g/mol. The quantitative estimate of drug-likeness (QED) is 0.294. The zero-order valence-corrected chi connectivity index (χ0v) is 20.3. The van der Waals surface area contributed by atoms with Gasteiger partial charge in [0.2, 0.25) is 5.91 Å². The molecule has 4 aromatic rings. The normalized spacial score (nSPS) is 15.7. The maximum Gasteiger partial charge on any atom is 0.227 e. The van der Waals surface area contributed by atoms with Crippen molar-refractivity contribution in [3.8, 4) is 11.5 Å². The van der Waals surface area contributed by atoms with Gasteiger partial charge in [0.05, 0.1) is 24.8 Å². The van der Waals surface area contributed by atoms with Gasteiger partial charge in [-0.2, -0.15) is 0 Å². The van der Waals surface area contributed by atoms with Crippen molar-refractivity contribution < 1.29 is 14.3 Å². The molecule has 0 aliphatic carbocycles. The molecule has 35 heavy (non-hydrogen) atoms. The summed E-state index contributed by atoms with van der Waals surface area (Å²) in [4.78, 5) is 19.8. The van der Waals surface area contributed by atoms with E-state index in [9.17, 15) is 4.79 Å². The third-order valence-corrected chi connectivity index (χ3v) is 6.67. The van der Waals surface area contributed by atoms with Crippen molar-refractivity contribution in [1.82, 2.24) is 9.55 Å². The fourth-order valence-electron chi connectivity index (χ4n) is 4.82. The fourth-order valence-corrected chi connectivity index (χ4v) is 4.82. The molecule has 5 rings (SSSR count). The van der Waals surface area contributed by atoms with E-state index in [1.54, 1.807) is 7.11 Å². The van der Waals surface area contributed by atoms with Crippen LogP contribution in [0.15, 0.2) is 72.8 Å². The number of ether oxygens (including phenoxy) is 2. The number of para-hydroxylation sites is 3. The Balaban J connectivity index is 1.30. The molecule has 1 aliphatic rings. The minimum Gasteiger partial charge on any atom is -0.497 e. The van der Waals surface area contributed by atoms with Crippen LogP contribution in [0.1, 0.15) is 36.6 Å². The van der Waals surface area contributed by atoms with E-state index in [2.05, 4.69) is 23.6 Å². The summed E-state index contributed by atoms with van der Waals surface area (Å²) in [6.45, 7) is 4.21. The van der Waals surface area contributed by atoms with Crippen LogP contribution in [0.4, 0.5) is 5.69 Å². The first-order valence-corrected chi connectivity index (χ1v) is 12.2. The molecule has 1 amide bonds. The predicted molar refractivity (Wildman–Crippen MR) is 138 cm³/mol. The molecule has 3 aromatic carbocycles. The van der Waals surface area contributed by atoms with Gasteiger partial charge in [0.1, 0.15) is 17.3 Å². The summed E-state index contributed by atoms with van der Waals surface area (Å²) in [5, 5.41) is 0. The average molecular weight is 470 g/mol. The summed E-state index contributed by atoms with van der Waals surface area (Å²) in [6.07, 6.45) is 2.37. The van der Waals surface area contributed by atoms with Crippen LogP contribution in [-0.4, -0.2) is 35.7 Å². The van der Waals surface area contributed by atoms with Crippen molar-refractivity contribution in [2.75, 3.05) is 25.2 Å². The first-order valence-electron chi connectivity index (χ1n) is 12.2. The SMILES string of the molecule is COc1cccc(N2CC(c3nc4ccccc4n3CCCCOc3ccccc3C)CC2=O)c1. The first kappa shape index (κ1) is 23.0. The lowest BCUT2D eigenvalue weighted by molar-refractivity contribution is -0.117. The van der Waals surface area contributed by atoms with Crippen molar-refractivity contribution in [3.05, 3.63) is 84.2 Å². The monoisotopic (exact) mass is 469 g/mol. The van der Waals surface area contributed by atoms with Crippen molar-refractivity contribution in [1.29, 1.82) is 0 Å². The highest BCUT2D eigenvalue weighted by Gasteiger charge is 2.35. The van der Waals surface area contributed by atoms with Gasteiger partial charge < -0.3 is 18.9 Å². The van der Waals surface area contributed by atoms with E-state index in [0.29, 0.717) is 19.6 Å². The molecule has 1 aromatic heterocycles. The standard InChI is InChI=1S/C29H31N3O3/c1-21-10-3-6-15-27(21)35-17-8-7-16-31-26-14-5-4-13-25(26)30-29(31)22-18-28(33)32(20-22)23-11-9-12-24(19-23)34-2/h3-6,9-15,19,22H,7-8,16-18,20H2,1-2H3. The summed E-state index contributed by atoms with van der Waals surface area (Å²) >= 11 is 0. The number of rotatable bonds is 9. The van der Waals surface area contributed by atoms with Crippen LogP contribution in [0, 0.1) is 6.92 Å². The predicted octanol–water partition coefficient (Wildman–Crippen LogP) is 5.73. The second kappa shape index (κ2) is 10.2. The zero-order chi connectivity index (χ0) is 24.2.